The van der Waals surface area contributed by atoms with E-state index in [0.717, 1.165) is 37.3 Å². The summed E-state index contributed by atoms with van der Waals surface area (Å²) in [5.41, 5.74) is 0. The molecule has 1 N–H and O–H groups in total. The summed E-state index contributed by atoms with van der Waals surface area (Å²) in [5.74, 6) is 3.02. The van der Waals surface area contributed by atoms with Gasteiger partial charge >= 0.3 is 0 Å². The van der Waals surface area contributed by atoms with Crippen molar-refractivity contribution in [1.29, 1.82) is 0 Å². The molecular weight excluding hydrogens is 162 g/mol. The minimum absolute atomic E-state index is 0.231. The molecule has 2 saturated heterocycles. The van der Waals surface area contributed by atoms with Gasteiger partial charge in [0.25, 0.3) is 0 Å². The first-order valence-corrected chi connectivity index (χ1v) is 5.42. The second-order valence-corrected chi connectivity index (χ2v) is 4.90. The Morgan fingerprint density at radius 2 is 2.00 bits per heavy atom. The molecule has 3 fully saturated rings. The van der Waals surface area contributed by atoms with Crippen molar-refractivity contribution in [2.24, 2.45) is 23.7 Å². The summed E-state index contributed by atoms with van der Waals surface area (Å²) in [6.45, 7) is 6.31. The Balaban J connectivity index is 1.86. The zero-order valence-corrected chi connectivity index (χ0v) is 8.55. The molecule has 2 heterocycles. The summed E-state index contributed by atoms with van der Waals surface area (Å²) in [7, 11) is 0. The number of piperidine rings is 2. The van der Waals surface area contributed by atoms with Crippen molar-refractivity contribution < 1.29 is 4.79 Å². The van der Waals surface area contributed by atoms with Gasteiger partial charge in [0.2, 0.25) is 0 Å². The van der Waals surface area contributed by atoms with Crippen LogP contribution in [0.15, 0.2) is 0 Å². The molecule has 13 heavy (non-hydrogen) atoms. The molecule has 74 valence electrons. The minimum atomic E-state index is 0.231. The molecule has 2 bridgehead atoms. The third-order valence-electron chi connectivity index (χ3n) is 3.71. The predicted octanol–water partition coefficient (Wildman–Crippen LogP) is 1.46. The average molecular weight is 181 g/mol. The normalized spacial score (nSPS) is 37.3. The maximum Gasteiger partial charge on any atom is 0.135 e. The van der Waals surface area contributed by atoms with E-state index < -0.39 is 0 Å². The molecule has 0 amide bonds. The highest BCUT2D eigenvalue weighted by atomic mass is 16.1. The van der Waals surface area contributed by atoms with E-state index in [4.69, 9.17) is 0 Å². The van der Waals surface area contributed by atoms with Gasteiger partial charge in [-0.15, -0.1) is 0 Å². The van der Waals surface area contributed by atoms with E-state index in [-0.39, 0.29) is 5.92 Å². The van der Waals surface area contributed by atoms with Gasteiger partial charge in [0.15, 0.2) is 0 Å². The Hall–Kier alpha value is -0.370. The Kier molecular flexibility index (Phi) is 2.41. The fourth-order valence-electron chi connectivity index (χ4n) is 2.65. The van der Waals surface area contributed by atoms with Crippen LogP contribution in [-0.2, 0) is 4.79 Å². The van der Waals surface area contributed by atoms with Crippen LogP contribution in [-0.4, -0.2) is 18.9 Å². The molecule has 3 aliphatic rings. The van der Waals surface area contributed by atoms with E-state index in [1.54, 1.807) is 0 Å². The van der Waals surface area contributed by atoms with Crippen molar-refractivity contribution in [3.63, 3.8) is 0 Å². The van der Waals surface area contributed by atoms with Gasteiger partial charge in [-0.05, 0) is 37.3 Å². The van der Waals surface area contributed by atoms with E-state index in [9.17, 15) is 4.79 Å². The Morgan fingerprint density at radius 3 is 2.46 bits per heavy atom. The number of nitrogens with one attached hydrogen (secondary N) is 1. The number of carbonyl (C=O) groups excluding carboxylic acids is 1. The van der Waals surface area contributed by atoms with Crippen molar-refractivity contribution in [3.8, 4) is 0 Å². The highest BCUT2D eigenvalue weighted by molar-refractivity contribution is 5.80. The standard InChI is InChI=1S/C11H19NO/c1-7(2)11(13)4-10-8-3-9(10)6-12-5-8/h7-10,12H,3-6H2,1-2H3. The molecule has 0 aromatic carbocycles. The summed E-state index contributed by atoms with van der Waals surface area (Å²) >= 11 is 0. The predicted molar refractivity (Wildman–Crippen MR) is 52.4 cm³/mol. The van der Waals surface area contributed by atoms with Gasteiger partial charge in [0.05, 0.1) is 0 Å². The lowest BCUT2D eigenvalue weighted by Gasteiger charge is -2.49. The Labute approximate surface area is 80.1 Å². The first-order chi connectivity index (χ1) is 6.18. The molecule has 2 nitrogen and oxygen atoms in total. The van der Waals surface area contributed by atoms with E-state index >= 15 is 0 Å². The number of hydrogen-bond acceptors (Lipinski definition) is 2. The van der Waals surface area contributed by atoms with Gasteiger partial charge in [-0.2, -0.15) is 0 Å². The zero-order chi connectivity index (χ0) is 9.42. The van der Waals surface area contributed by atoms with Crippen LogP contribution in [0.3, 0.4) is 0 Å². The van der Waals surface area contributed by atoms with E-state index in [2.05, 4.69) is 5.32 Å². The molecule has 0 spiro atoms. The molecule has 0 aromatic heterocycles. The molecule has 2 unspecified atom stereocenters. The van der Waals surface area contributed by atoms with E-state index in [0.29, 0.717) is 5.78 Å². The number of carbonyl (C=O) groups is 1. The first-order valence-electron chi connectivity index (χ1n) is 5.42. The molecule has 1 saturated carbocycles. The topological polar surface area (TPSA) is 29.1 Å². The number of ketones is 1. The second-order valence-electron chi connectivity index (χ2n) is 4.90. The third kappa shape index (κ3) is 1.64. The molecular formula is C11H19NO. The van der Waals surface area contributed by atoms with Crippen LogP contribution in [0.5, 0.6) is 0 Å². The molecule has 2 atom stereocenters. The molecule has 0 radical (unpaired) electrons. The van der Waals surface area contributed by atoms with Crippen LogP contribution in [0.1, 0.15) is 26.7 Å². The van der Waals surface area contributed by atoms with Crippen LogP contribution in [0.4, 0.5) is 0 Å². The van der Waals surface area contributed by atoms with Crippen LogP contribution in [0.2, 0.25) is 0 Å². The number of fused-ring (bicyclic) bond motifs is 2. The van der Waals surface area contributed by atoms with E-state index in [1.165, 1.54) is 6.42 Å². The van der Waals surface area contributed by atoms with Gasteiger partial charge in [0, 0.05) is 12.3 Å². The van der Waals surface area contributed by atoms with Crippen LogP contribution < -0.4 is 5.32 Å². The summed E-state index contributed by atoms with van der Waals surface area (Å²) in [4.78, 5) is 11.6. The van der Waals surface area contributed by atoms with Crippen molar-refractivity contribution in [2.75, 3.05) is 13.1 Å². The van der Waals surface area contributed by atoms with Gasteiger partial charge in [-0.25, -0.2) is 0 Å². The number of hydrogen-bond donors (Lipinski definition) is 1. The maximum absolute atomic E-state index is 11.6. The fourth-order valence-corrected chi connectivity index (χ4v) is 2.65. The van der Waals surface area contributed by atoms with Gasteiger partial charge < -0.3 is 5.32 Å². The lowest BCUT2D eigenvalue weighted by Crippen LogP contribution is -2.53. The van der Waals surface area contributed by atoms with Gasteiger partial charge in [-0.3, -0.25) is 4.79 Å². The highest BCUT2D eigenvalue weighted by Gasteiger charge is 2.44. The number of rotatable bonds is 3. The molecule has 2 aliphatic heterocycles. The fraction of sp³-hybridized carbons (Fsp3) is 0.909. The summed E-state index contributed by atoms with van der Waals surface area (Å²) in [5, 5.41) is 3.41. The number of Topliss-reactive ketones (excluding diaryl/α,β-unsaturated/α-hetero) is 1. The Morgan fingerprint density at radius 1 is 1.38 bits per heavy atom. The largest absolute Gasteiger partial charge is 0.316 e. The molecule has 0 aromatic rings. The van der Waals surface area contributed by atoms with Crippen molar-refractivity contribution in [3.05, 3.63) is 0 Å². The lowest BCUT2D eigenvalue weighted by atomic mass is 9.60. The summed E-state index contributed by atoms with van der Waals surface area (Å²) < 4.78 is 0. The minimum Gasteiger partial charge on any atom is -0.316 e. The van der Waals surface area contributed by atoms with Crippen LogP contribution in [0, 0.1) is 23.7 Å². The smallest absolute Gasteiger partial charge is 0.135 e. The molecule has 3 rings (SSSR count). The van der Waals surface area contributed by atoms with E-state index in [1.807, 2.05) is 13.8 Å². The lowest BCUT2D eigenvalue weighted by molar-refractivity contribution is -0.126. The van der Waals surface area contributed by atoms with Crippen molar-refractivity contribution >= 4 is 5.78 Å². The van der Waals surface area contributed by atoms with Crippen LogP contribution in [0.25, 0.3) is 0 Å². The van der Waals surface area contributed by atoms with Crippen LogP contribution >= 0.6 is 0 Å². The average Bonchev–Trinajstić information content (AvgIpc) is 2.14. The third-order valence-corrected chi connectivity index (χ3v) is 3.71. The quantitative estimate of drug-likeness (QED) is 0.714. The maximum atomic E-state index is 11.6. The molecule has 1 aliphatic carbocycles. The van der Waals surface area contributed by atoms with Crippen molar-refractivity contribution in [2.45, 2.75) is 26.7 Å². The molecule has 2 heteroatoms. The van der Waals surface area contributed by atoms with Crippen molar-refractivity contribution in [1.82, 2.24) is 5.32 Å². The first kappa shape index (κ1) is 9.20. The monoisotopic (exact) mass is 181 g/mol. The SMILES string of the molecule is CC(C)C(=O)CC1C2CNCC1C2. The summed E-state index contributed by atoms with van der Waals surface area (Å²) in [6.07, 6.45) is 2.21. The highest BCUT2D eigenvalue weighted by Crippen LogP contribution is 2.44. The van der Waals surface area contributed by atoms with Gasteiger partial charge in [-0.1, -0.05) is 13.8 Å². The second kappa shape index (κ2) is 3.41. The zero-order valence-electron chi connectivity index (χ0n) is 8.55. The Bertz CT molecular complexity index is 198. The van der Waals surface area contributed by atoms with Gasteiger partial charge in [0.1, 0.15) is 5.78 Å². The summed E-state index contributed by atoms with van der Waals surface area (Å²) in [6, 6.07) is 0.